The highest BCUT2D eigenvalue weighted by molar-refractivity contribution is 6.03. The molecule has 4 aromatic rings. The summed E-state index contributed by atoms with van der Waals surface area (Å²) in [6.45, 7) is 3.92. The molecule has 6 rings (SSSR count). The van der Waals surface area contributed by atoms with Crippen LogP contribution < -0.4 is 5.32 Å². The average molecular weight is 569 g/mol. The number of amides is 1. The molecule has 3 aromatic carbocycles. The molecule has 2 fully saturated rings. The SMILES string of the molecule is C[C@H]1[C@@H](CN2CCC[C@H]2CO)O[C@@H](c2ccc(NC(=O)c3cnc4ccccc4n3)cc2)O[C@H]1c1ccc(CO)cc1. The zero-order chi connectivity index (χ0) is 29.1. The van der Waals surface area contributed by atoms with Gasteiger partial charge < -0.3 is 25.0 Å². The number of hydrogen-bond donors (Lipinski definition) is 3. The Morgan fingerprint density at radius 2 is 1.71 bits per heavy atom. The number of aliphatic hydroxyl groups excluding tert-OH is 2. The molecule has 0 unspecified atom stereocenters. The van der Waals surface area contributed by atoms with Crippen LogP contribution >= 0.6 is 0 Å². The Labute approximate surface area is 245 Å². The third-order valence-corrected chi connectivity index (χ3v) is 8.37. The maximum Gasteiger partial charge on any atom is 0.275 e. The summed E-state index contributed by atoms with van der Waals surface area (Å²) < 4.78 is 13.1. The fourth-order valence-corrected chi connectivity index (χ4v) is 5.89. The number of para-hydroxylation sites is 2. The van der Waals surface area contributed by atoms with Gasteiger partial charge in [0.25, 0.3) is 5.91 Å². The zero-order valence-electron chi connectivity index (χ0n) is 23.6. The Bertz CT molecular complexity index is 1510. The topological polar surface area (TPSA) is 117 Å². The van der Waals surface area contributed by atoms with E-state index in [0.29, 0.717) is 17.7 Å². The number of carbonyl (C=O) groups is 1. The fraction of sp³-hybridized carbons (Fsp3) is 0.364. The molecule has 0 radical (unpaired) electrons. The van der Waals surface area contributed by atoms with E-state index in [0.717, 1.165) is 41.6 Å². The van der Waals surface area contributed by atoms with E-state index in [1.54, 1.807) is 0 Å². The van der Waals surface area contributed by atoms with E-state index >= 15 is 0 Å². The monoisotopic (exact) mass is 568 g/mol. The largest absolute Gasteiger partial charge is 0.395 e. The number of benzene rings is 3. The summed E-state index contributed by atoms with van der Waals surface area (Å²) in [6.07, 6.45) is 2.58. The van der Waals surface area contributed by atoms with E-state index in [1.807, 2.05) is 72.8 Å². The van der Waals surface area contributed by atoms with Gasteiger partial charge in [-0.2, -0.15) is 0 Å². The Morgan fingerprint density at radius 3 is 2.45 bits per heavy atom. The molecule has 218 valence electrons. The lowest BCUT2D eigenvalue weighted by Gasteiger charge is -2.43. The van der Waals surface area contributed by atoms with Gasteiger partial charge in [0.2, 0.25) is 0 Å². The molecule has 0 bridgehead atoms. The van der Waals surface area contributed by atoms with Crippen LogP contribution in [-0.4, -0.2) is 62.8 Å². The van der Waals surface area contributed by atoms with Gasteiger partial charge in [-0.25, -0.2) is 4.98 Å². The number of hydrogen-bond acceptors (Lipinski definition) is 8. The smallest absolute Gasteiger partial charge is 0.275 e. The van der Waals surface area contributed by atoms with Crippen molar-refractivity contribution in [2.45, 2.75) is 50.9 Å². The van der Waals surface area contributed by atoms with Crippen molar-refractivity contribution in [3.63, 3.8) is 0 Å². The Balaban J connectivity index is 1.20. The van der Waals surface area contributed by atoms with Crippen LogP contribution in [0, 0.1) is 5.92 Å². The summed E-state index contributed by atoms with van der Waals surface area (Å²) >= 11 is 0. The summed E-state index contributed by atoms with van der Waals surface area (Å²) in [5.41, 5.74) is 4.98. The minimum absolute atomic E-state index is 0.0104. The van der Waals surface area contributed by atoms with E-state index in [2.05, 4.69) is 27.1 Å². The Morgan fingerprint density at radius 1 is 0.976 bits per heavy atom. The maximum atomic E-state index is 12.9. The molecule has 2 aliphatic heterocycles. The molecule has 0 spiro atoms. The second-order valence-electron chi connectivity index (χ2n) is 11.1. The molecule has 0 saturated carbocycles. The first-order chi connectivity index (χ1) is 20.5. The van der Waals surface area contributed by atoms with Gasteiger partial charge in [-0.05, 0) is 54.8 Å². The molecular formula is C33H36N4O5. The molecule has 2 aliphatic rings. The van der Waals surface area contributed by atoms with Gasteiger partial charge in [0, 0.05) is 29.8 Å². The second-order valence-corrected chi connectivity index (χ2v) is 11.1. The molecule has 3 N–H and O–H groups in total. The molecule has 2 saturated heterocycles. The lowest BCUT2D eigenvalue weighted by molar-refractivity contribution is -0.276. The highest BCUT2D eigenvalue weighted by Gasteiger charge is 2.40. The predicted molar refractivity (Wildman–Crippen MR) is 159 cm³/mol. The molecule has 1 aromatic heterocycles. The molecule has 42 heavy (non-hydrogen) atoms. The van der Waals surface area contributed by atoms with E-state index in [4.69, 9.17) is 9.47 Å². The average Bonchev–Trinajstić information content (AvgIpc) is 3.49. The van der Waals surface area contributed by atoms with E-state index < -0.39 is 6.29 Å². The molecule has 5 atom stereocenters. The highest BCUT2D eigenvalue weighted by atomic mass is 16.7. The number of nitrogens with zero attached hydrogens (tertiary/aromatic N) is 3. The first-order valence-corrected chi connectivity index (χ1v) is 14.5. The third-order valence-electron chi connectivity index (χ3n) is 8.37. The van der Waals surface area contributed by atoms with Crippen molar-refractivity contribution in [1.82, 2.24) is 14.9 Å². The van der Waals surface area contributed by atoms with E-state index in [9.17, 15) is 15.0 Å². The Kier molecular flexibility index (Phi) is 8.55. The number of aromatic nitrogens is 2. The van der Waals surface area contributed by atoms with Crippen molar-refractivity contribution in [2.75, 3.05) is 25.0 Å². The summed E-state index contributed by atoms with van der Waals surface area (Å²) in [5, 5.41) is 22.3. The zero-order valence-corrected chi connectivity index (χ0v) is 23.6. The molecule has 3 heterocycles. The highest BCUT2D eigenvalue weighted by Crippen LogP contribution is 2.42. The van der Waals surface area contributed by atoms with Crippen LogP contribution in [0.2, 0.25) is 0 Å². The number of anilines is 1. The van der Waals surface area contributed by atoms with Crippen LogP contribution in [-0.2, 0) is 16.1 Å². The van der Waals surface area contributed by atoms with Crippen LogP contribution in [0.1, 0.15) is 59.3 Å². The predicted octanol–water partition coefficient (Wildman–Crippen LogP) is 4.62. The molecule has 9 heteroatoms. The number of rotatable bonds is 8. The fourth-order valence-electron chi connectivity index (χ4n) is 5.89. The van der Waals surface area contributed by atoms with Crippen LogP contribution in [0.25, 0.3) is 11.0 Å². The quantitative estimate of drug-likeness (QED) is 0.282. The van der Waals surface area contributed by atoms with E-state index in [1.165, 1.54) is 6.20 Å². The first-order valence-electron chi connectivity index (χ1n) is 14.5. The lowest BCUT2D eigenvalue weighted by atomic mass is 9.90. The van der Waals surface area contributed by atoms with Crippen LogP contribution in [0.5, 0.6) is 0 Å². The van der Waals surface area contributed by atoms with E-state index in [-0.39, 0.29) is 49.0 Å². The van der Waals surface area contributed by atoms with Gasteiger partial charge >= 0.3 is 0 Å². The summed E-state index contributed by atoms with van der Waals surface area (Å²) in [6, 6.07) is 22.9. The van der Waals surface area contributed by atoms with Crippen molar-refractivity contribution in [2.24, 2.45) is 5.92 Å². The third kappa shape index (κ3) is 6.06. The number of nitrogens with one attached hydrogen (secondary N) is 1. The van der Waals surface area contributed by atoms with Gasteiger partial charge in [0.1, 0.15) is 5.69 Å². The van der Waals surface area contributed by atoms with Crippen molar-refractivity contribution >= 4 is 22.6 Å². The Hall–Kier alpha value is -3.73. The lowest BCUT2D eigenvalue weighted by Crippen LogP contribution is -2.46. The second kappa shape index (κ2) is 12.6. The van der Waals surface area contributed by atoms with Crippen molar-refractivity contribution in [3.8, 4) is 0 Å². The molecule has 9 nitrogen and oxygen atoms in total. The van der Waals surface area contributed by atoms with Gasteiger partial charge in [-0.1, -0.05) is 55.5 Å². The number of carbonyl (C=O) groups excluding carboxylic acids is 1. The summed E-state index contributed by atoms with van der Waals surface area (Å²) in [7, 11) is 0. The van der Waals surface area contributed by atoms with Gasteiger partial charge in [0.05, 0.1) is 42.7 Å². The molecular weight excluding hydrogens is 532 g/mol. The maximum absolute atomic E-state index is 12.9. The number of likely N-dealkylation sites (tertiary alicyclic amines) is 1. The van der Waals surface area contributed by atoms with Gasteiger partial charge in [-0.15, -0.1) is 0 Å². The summed E-state index contributed by atoms with van der Waals surface area (Å²) in [5.74, 6) is -0.279. The first kappa shape index (κ1) is 28.4. The number of aliphatic hydroxyl groups is 2. The molecule has 1 amide bonds. The van der Waals surface area contributed by atoms with Crippen molar-refractivity contribution in [1.29, 1.82) is 0 Å². The van der Waals surface area contributed by atoms with Crippen LogP contribution in [0.3, 0.4) is 0 Å². The number of ether oxygens (including phenoxy) is 2. The normalized spacial score (nSPS) is 24.6. The summed E-state index contributed by atoms with van der Waals surface area (Å²) in [4.78, 5) is 24.0. The molecule has 0 aliphatic carbocycles. The minimum atomic E-state index is -0.611. The standard InChI is InChI=1S/C33H36N4O5/c1-21-30(18-37-16-4-5-26(37)20-39)41-33(42-31(21)23-10-8-22(19-38)9-11-23)24-12-14-25(15-13-24)35-32(40)29-17-34-27-6-2-3-7-28(27)36-29/h2-3,6-15,17,21,26,30-31,33,38-39H,4-5,16,18-20H2,1H3,(H,35,40)/t21-,26-,30+,31+,33+/m0/s1. The van der Waals surface area contributed by atoms with Crippen LogP contribution in [0.15, 0.2) is 79.0 Å². The number of fused-ring (bicyclic) bond motifs is 1. The van der Waals surface area contributed by atoms with Gasteiger partial charge in [0.15, 0.2) is 6.29 Å². The van der Waals surface area contributed by atoms with Crippen LogP contribution in [0.4, 0.5) is 5.69 Å². The van der Waals surface area contributed by atoms with Gasteiger partial charge in [-0.3, -0.25) is 14.7 Å². The minimum Gasteiger partial charge on any atom is -0.395 e. The van der Waals surface area contributed by atoms with Crippen molar-refractivity contribution in [3.05, 3.63) is 101 Å². The van der Waals surface area contributed by atoms with Crippen molar-refractivity contribution < 1.29 is 24.5 Å².